The van der Waals surface area contributed by atoms with E-state index >= 15 is 0 Å². The molecule has 16 heteroatoms. The normalized spacial score (nSPS) is 14.2. The second kappa shape index (κ2) is 15.7. The summed E-state index contributed by atoms with van der Waals surface area (Å²) in [6, 6.07) is 52.5. The molecule has 0 aliphatic carbocycles. The average molecular weight is 1070 g/mol. The highest BCUT2D eigenvalue weighted by molar-refractivity contribution is 8.06. The van der Waals surface area contributed by atoms with Gasteiger partial charge < -0.3 is 9.97 Å². The zero-order chi connectivity index (χ0) is 46.8. The van der Waals surface area contributed by atoms with Gasteiger partial charge in [0.1, 0.15) is 22.6 Å². The minimum atomic E-state index is 0.588. The van der Waals surface area contributed by atoms with E-state index in [1.54, 1.807) is 94.1 Å². The molecule has 11 aromatic rings. The number of fused-ring (bicyclic) bond motifs is 28. The van der Waals surface area contributed by atoms with Crippen LogP contribution in [0.3, 0.4) is 0 Å². The lowest BCUT2D eigenvalue weighted by Crippen LogP contribution is -1.92. The van der Waals surface area contributed by atoms with Gasteiger partial charge in [0, 0.05) is 122 Å². The van der Waals surface area contributed by atoms with Crippen LogP contribution in [0.5, 0.6) is 0 Å². The molecule has 17 rings (SSSR count). The zero-order valence-electron chi connectivity index (χ0n) is 36.8. The second-order valence-corrected chi connectivity index (χ2v) is 26.3. The fraction of sp³-hybridized carbons (Fsp3) is 0. The van der Waals surface area contributed by atoms with Gasteiger partial charge in [0.25, 0.3) is 0 Å². The highest BCUT2D eigenvalue weighted by Crippen LogP contribution is 2.56. The van der Waals surface area contributed by atoms with Gasteiger partial charge in [0.05, 0.1) is 0 Å². The minimum absolute atomic E-state index is 0.588. The Morgan fingerprint density at radius 1 is 0.222 bits per heavy atom. The van der Waals surface area contributed by atoms with E-state index in [1.165, 1.54) is 78.3 Å². The Kier molecular flexibility index (Phi) is 9.04. The van der Waals surface area contributed by atoms with Crippen LogP contribution in [0.1, 0.15) is 0 Å². The van der Waals surface area contributed by atoms with Gasteiger partial charge in [-0.05, 0) is 97.1 Å². The smallest absolute Gasteiger partial charge is 0.164 e. The van der Waals surface area contributed by atoms with E-state index in [2.05, 4.69) is 156 Å². The summed E-state index contributed by atoms with van der Waals surface area (Å²) in [4.78, 5) is 59.6. The maximum absolute atomic E-state index is 5.52. The number of H-pyrrole nitrogens is 2. The van der Waals surface area contributed by atoms with Crippen LogP contribution in [-0.2, 0) is 0 Å². The molecule has 0 atom stereocenters. The largest absolute Gasteiger partial charge is 0.324 e. The van der Waals surface area contributed by atoms with Crippen LogP contribution in [0, 0.1) is 0 Å². The molecule has 8 bridgehead atoms. The quantitative estimate of drug-likeness (QED) is 0.150. The van der Waals surface area contributed by atoms with E-state index in [4.69, 9.17) is 29.9 Å². The third-order valence-corrected chi connectivity index (χ3v) is 23.3. The molecule has 0 radical (unpaired) electrons. The zero-order valence-corrected chi connectivity index (χ0v) is 43.3. The summed E-state index contributed by atoms with van der Waals surface area (Å²) in [5.41, 5.74) is 6.42. The summed E-state index contributed by atoms with van der Waals surface area (Å²) in [6.07, 6.45) is 0. The molecule has 2 N–H and O–H groups in total. The first-order valence-electron chi connectivity index (χ1n) is 22.9. The lowest BCUT2D eigenvalue weighted by Gasteiger charge is -2.19. The summed E-state index contributed by atoms with van der Waals surface area (Å²) >= 11 is 14.3. The van der Waals surface area contributed by atoms with Crippen molar-refractivity contribution in [3.63, 3.8) is 0 Å². The van der Waals surface area contributed by atoms with Gasteiger partial charge in [-0.15, -0.1) is 0 Å². The Hall–Kier alpha value is -6.08. The SMILES string of the molecule is c1ccc2c(c1)Sc1cc3c(cc1S2)-c1nc-3nc2[nH]c(nc3nc(nc4[nH]c(n1)c1cc5c(cc41)Sc1ccccc1S5)-c1cc4c(cc1-3)Sc1ccccc1S4)c1cc3c(cc21)Sc1ccccc1S3. The lowest BCUT2D eigenvalue weighted by atomic mass is 10.1. The van der Waals surface area contributed by atoms with Crippen molar-refractivity contribution < 1.29 is 0 Å². The van der Waals surface area contributed by atoms with E-state index in [-0.39, 0.29) is 0 Å². The number of nitrogens with zero attached hydrogens (tertiary/aromatic N) is 6. The van der Waals surface area contributed by atoms with E-state index < -0.39 is 0 Å². The monoisotopic (exact) mass is 1070 g/mol. The number of nitrogens with one attached hydrogen (secondary N) is 2. The van der Waals surface area contributed by atoms with Crippen LogP contribution in [0.4, 0.5) is 0 Å². The molecular formula is C56H26N8S8. The van der Waals surface area contributed by atoms with Gasteiger partial charge in [-0.1, -0.05) is 143 Å². The maximum atomic E-state index is 5.52. The fourth-order valence-electron chi connectivity index (χ4n) is 9.88. The highest BCUT2D eigenvalue weighted by Gasteiger charge is 2.30. The molecule has 0 unspecified atom stereocenters. The number of benzene rings is 8. The topological polar surface area (TPSA) is 109 Å². The van der Waals surface area contributed by atoms with Crippen molar-refractivity contribution >= 4 is 138 Å². The number of aromatic nitrogens is 8. The molecule has 6 aliphatic rings. The second-order valence-electron chi connectivity index (χ2n) is 17.6. The molecule has 8 nitrogen and oxygen atoms in total. The molecule has 338 valence electrons. The van der Waals surface area contributed by atoms with Gasteiger partial charge in [-0.25, -0.2) is 29.9 Å². The Bertz CT molecular complexity index is 3960. The van der Waals surface area contributed by atoms with Gasteiger partial charge >= 0.3 is 0 Å². The predicted octanol–water partition coefficient (Wildman–Crippen LogP) is 17.3. The Morgan fingerprint density at radius 2 is 0.417 bits per heavy atom. The summed E-state index contributed by atoms with van der Waals surface area (Å²) < 4.78 is 0. The predicted molar refractivity (Wildman–Crippen MR) is 295 cm³/mol. The van der Waals surface area contributed by atoms with Crippen LogP contribution in [0.15, 0.2) is 224 Å². The molecule has 6 aliphatic heterocycles. The van der Waals surface area contributed by atoms with E-state index in [0.717, 1.165) is 43.8 Å². The number of rotatable bonds is 0. The van der Waals surface area contributed by atoms with Gasteiger partial charge in [0.2, 0.25) is 0 Å². The summed E-state index contributed by atoms with van der Waals surface area (Å²) in [7, 11) is 0. The van der Waals surface area contributed by atoms with Crippen LogP contribution in [0.2, 0.25) is 0 Å². The van der Waals surface area contributed by atoms with Crippen LogP contribution in [0.25, 0.3) is 89.7 Å². The fourth-order valence-corrected chi connectivity index (χ4v) is 19.0. The molecule has 0 spiro atoms. The first-order chi connectivity index (χ1) is 35.5. The molecule has 8 aromatic carbocycles. The molecule has 0 saturated heterocycles. The van der Waals surface area contributed by atoms with Crippen molar-refractivity contribution in [2.45, 2.75) is 78.3 Å². The molecular weight excluding hydrogens is 1040 g/mol. The van der Waals surface area contributed by atoms with Crippen LogP contribution < -0.4 is 0 Å². The third-order valence-electron chi connectivity index (χ3n) is 13.2. The Morgan fingerprint density at radius 3 is 0.625 bits per heavy atom. The van der Waals surface area contributed by atoms with Crippen molar-refractivity contribution in [2.75, 3.05) is 0 Å². The third kappa shape index (κ3) is 6.46. The lowest BCUT2D eigenvalue weighted by molar-refractivity contribution is 1.16. The van der Waals surface area contributed by atoms with Gasteiger partial charge in [-0.2, -0.15) is 0 Å². The van der Waals surface area contributed by atoms with Gasteiger partial charge in [-0.3, -0.25) is 0 Å². The van der Waals surface area contributed by atoms with Crippen LogP contribution >= 0.6 is 94.1 Å². The molecule has 3 aromatic heterocycles. The van der Waals surface area contributed by atoms with Crippen molar-refractivity contribution in [1.82, 2.24) is 39.9 Å². The Balaban J connectivity index is 0.974. The first kappa shape index (κ1) is 41.4. The van der Waals surface area contributed by atoms with Crippen molar-refractivity contribution in [3.05, 3.63) is 146 Å². The molecule has 0 fully saturated rings. The molecule has 0 saturated carbocycles. The van der Waals surface area contributed by atoms with Crippen molar-refractivity contribution in [1.29, 1.82) is 0 Å². The van der Waals surface area contributed by atoms with Crippen molar-refractivity contribution in [2.24, 2.45) is 0 Å². The number of aromatic amines is 2. The van der Waals surface area contributed by atoms with Crippen LogP contribution in [-0.4, -0.2) is 39.9 Å². The summed E-state index contributed by atoms with van der Waals surface area (Å²) in [6.45, 7) is 0. The first-order valence-corrected chi connectivity index (χ1v) is 29.4. The molecule has 72 heavy (non-hydrogen) atoms. The molecule has 0 amide bonds. The number of hydrogen-bond acceptors (Lipinski definition) is 14. The van der Waals surface area contributed by atoms with E-state index in [9.17, 15) is 0 Å². The van der Waals surface area contributed by atoms with E-state index in [0.29, 0.717) is 45.9 Å². The highest BCUT2D eigenvalue weighted by atomic mass is 32.2. The number of hydrogen-bond donors (Lipinski definition) is 2. The summed E-state index contributed by atoms with van der Waals surface area (Å²) in [5, 5.41) is 3.83. The minimum Gasteiger partial charge on any atom is -0.324 e. The average Bonchev–Trinajstić information content (AvgIpc) is 4.12. The van der Waals surface area contributed by atoms with E-state index in [1.807, 2.05) is 0 Å². The standard InChI is InChI=1S/C56H26N8S8/c1-2-10-34-33(9-1)65-41-17-25-26(18-42(41)66-34)50-57-49(25)61-51-27-19-43-44(68-36-12-4-3-11-35(36)67-43)20-28(27)53(58-51)63-55-31-23-47-48(72-40-16-8-7-15-39(40)71-47)24-32(31)56(60-55)64-54-30-22-46-45(21-29(30)52(59-54)62-50)69-37-13-5-6-14-38(37)70-46/h1-24H,(H2,57,58,59,60,61,62,63,64). The van der Waals surface area contributed by atoms with Crippen molar-refractivity contribution in [3.8, 4) is 45.6 Å². The Labute approximate surface area is 443 Å². The maximum Gasteiger partial charge on any atom is 0.164 e. The summed E-state index contributed by atoms with van der Waals surface area (Å²) in [5.74, 6) is 2.35. The molecule has 9 heterocycles. The van der Waals surface area contributed by atoms with Gasteiger partial charge in [0.15, 0.2) is 23.3 Å².